The first-order chi connectivity index (χ1) is 10.0. The lowest BCUT2D eigenvalue weighted by Crippen LogP contribution is -2.33. The van der Waals surface area contributed by atoms with Gasteiger partial charge in [0.2, 0.25) is 0 Å². The molecule has 1 heterocycles. The summed E-state index contributed by atoms with van der Waals surface area (Å²) in [5, 5.41) is 3.34. The molecule has 0 spiro atoms. The Labute approximate surface area is 125 Å². The van der Waals surface area contributed by atoms with Gasteiger partial charge in [0.15, 0.2) is 11.6 Å². The molecule has 0 radical (unpaired) electrons. The molecule has 2 rings (SSSR count). The van der Waals surface area contributed by atoms with Crippen LogP contribution in [0.3, 0.4) is 0 Å². The molecule has 0 aliphatic carbocycles. The fourth-order valence-corrected chi connectivity index (χ4v) is 2.39. The van der Waals surface area contributed by atoms with Crippen molar-refractivity contribution in [2.24, 2.45) is 5.41 Å². The van der Waals surface area contributed by atoms with E-state index < -0.39 is 5.82 Å². The molecule has 1 aliphatic heterocycles. The molecule has 1 saturated heterocycles. The van der Waals surface area contributed by atoms with Gasteiger partial charge in [-0.1, -0.05) is 13.8 Å². The smallest absolute Gasteiger partial charge is 0.167 e. The summed E-state index contributed by atoms with van der Waals surface area (Å²) >= 11 is 0. The summed E-state index contributed by atoms with van der Waals surface area (Å²) in [5.41, 5.74) is 7.22. The minimum Gasteiger partial charge on any atom is -0.490 e. The van der Waals surface area contributed by atoms with E-state index in [2.05, 4.69) is 12.2 Å². The molecule has 0 saturated carbocycles. The van der Waals surface area contributed by atoms with E-state index in [9.17, 15) is 4.39 Å². The lowest BCUT2D eigenvalue weighted by molar-refractivity contribution is 0.0300. The summed E-state index contributed by atoms with van der Waals surface area (Å²) in [6.45, 7) is 7.09. The average Bonchev–Trinajstić information content (AvgIpc) is 2.46. The number of nitrogens with two attached hydrogens (primary N) is 1. The number of hydrogen-bond donors (Lipinski definition) is 2. The van der Waals surface area contributed by atoms with Gasteiger partial charge in [-0.2, -0.15) is 0 Å². The topological polar surface area (TPSA) is 56.5 Å². The van der Waals surface area contributed by atoms with Gasteiger partial charge in [0.05, 0.1) is 18.0 Å². The molecule has 5 heteroatoms. The molecule has 0 amide bonds. The van der Waals surface area contributed by atoms with Crippen molar-refractivity contribution in [2.75, 3.05) is 37.4 Å². The molecule has 21 heavy (non-hydrogen) atoms. The van der Waals surface area contributed by atoms with E-state index in [1.54, 1.807) is 6.07 Å². The molecular weight excluding hydrogens is 271 g/mol. The molecule has 0 aromatic heterocycles. The third-order valence-corrected chi connectivity index (χ3v) is 3.97. The van der Waals surface area contributed by atoms with Crippen LogP contribution in [0.5, 0.6) is 5.75 Å². The summed E-state index contributed by atoms with van der Waals surface area (Å²) < 4.78 is 24.6. The minimum absolute atomic E-state index is 0.184. The van der Waals surface area contributed by atoms with Gasteiger partial charge in [0.1, 0.15) is 0 Å². The highest BCUT2D eigenvalue weighted by molar-refractivity contribution is 5.68. The highest BCUT2D eigenvalue weighted by Gasteiger charge is 2.27. The Balaban J connectivity index is 2.04. The summed E-state index contributed by atoms with van der Waals surface area (Å²) in [5.74, 6) is -0.158. The fraction of sp³-hybridized carbons (Fsp3) is 0.625. The molecule has 0 unspecified atom stereocenters. The molecule has 118 valence electrons. The van der Waals surface area contributed by atoms with Gasteiger partial charge in [-0.25, -0.2) is 4.39 Å². The van der Waals surface area contributed by atoms with E-state index >= 15 is 0 Å². The van der Waals surface area contributed by atoms with Crippen molar-refractivity contribution in [3.8, 4) is 5.75 Å². The van der Waals surface area contributed by atoms with Gasteiger partial charge in [0.25, 0.3) is 0 Å². The van der Waals surface area contributed by atoms with Crippen molar-refractivity contribution < 1.29 is 13.9 Å². The number of hydrogen-bond acceptors (Lipinski definition) is 4. The Kier molecular flexibility index (Phi) is 5.28. The van der Waals surface area contributed by atoms with Crippen molar-refractivity contribution in [3.05, 3.63) is 17.9 Å². The fourth-order valence-electron chi connectivity index (χ4n) is 2.39. The van der Waals surface area contributed by atoms with Gasteiger partial charge in [-0.05, 0) is 24.7 Å². The third-order valence-electron chi connectivity index (χ3n) is 3.97. The number of ether oxygens (including phenoxy) is 2. The molecule has 1 aliphatic rings. The zero-order chi connectivity index (χ0) is 15.3. The predicted molar refractivity (Wildman–Crippen MR) is 83.2 cm³/mol. The van der Waals surface area contributed by atoms with Crippen LogP contribution in [0.15, 0.2) is 12.1 Å². The lowest BCUT2D eigenvalue weighted by atomic mass is 9.82. The minimum atomic E-state index is -0.413. The summed E-state index contributed by atoms with van der Waals surface area (Å²) in [6.07, 6.45) is 2.87. The van der Waals surface area contributed by atoms with Crippen molar-refractivity contribution in [2.45, 2.75) is 33.1 Å². The van der Waals surface area contributed by atoms with Gasteiger partial charge >= 0.3 is 0 Å². The molecular formula is C16H25FN2O2. The van der Waals surface area contributed by atoms with Gasteiger partial charge in [-0.15, -0.1) is 0 Å². The first kappa shape index (κ1) is 15.9. The maximum Gasteiger partial charge on any atom is 0.167 e. The summed E-state index contributed by atoms with van der Waals surface area (Å²) in [7, 11) is 0. The van der Waals surface area contributed by atoms with E-state index in [0.29, 0.717) is 12.3 Å². The quantitative estimate of drug-likeness (QED) is 0.790. The van der Waals surface area contributed by atoms with Gasteiger partial charge in [-0.3, -0.25) is 0 Å². The number of rotatable bonds is 6. The number of benzene rings is 1. The van der Waals surface area contributed by atoms with Crippen LogP contribution in [-0.2, 0) is 4.74 Å². The Bertz CT molecular complexity index is 474. The average molecular weight is 296 g/mol. The Morgan fingerprint density at radius 2 is 2.10 bits per heavy atom. The molecule has 0 bridgehead atoms. The van der Waals surface area contributed by atoms with E-state index in [-0.39, 0.29) is 11.2 Å². The van der Waals surface area contributed by atoms with Gasteiger partial charge < -0.3 is 20.5 Å². The number of halogens is 1. The molecule has 1 aromatic carbocycles. The van der Waals surface area contributed by atoms with Crippen molar-refractivity contribution in [3.63, 3.8) is 0 Å². The molecule has 1 fully saturated rings. The van der Waals surface area contributed by atoms with Crippen molar-refractivity contribution in [1.29, 1.82) is 0 Å². The monoisotopic (exact) mass is 296 g/mol. The van der Waals surface area contributed by atoms with Crippen LogP contribution in [0, 0.1) is 11.2 Å². The first-order valence-electron chi connectivity index (χ1n) is 7.57. The Morgan fingerprint density at radius 3 is 2.76 bits per heavy atom. The second-order valence-electron chi connectivity index (χ2n) is 5.99. The zero-order valence-corrected chi connectivity index (χ0v) is 12.9. The predicted octanol–water partition coefficient (Wildman–Crippen LogP) is 3.43. The van der Waals surface area contributed by atoms with Crippen molar-refractivity contribution >= 4 is 11.4 Å². The normalized spacial score (nSPS) is 17.5. The van der Waals surface area contributed by atoms with Crippen LogP contribution in [-0.4, -0.2) is 26.4 Å². The first-order valence-corrected chi connectivity index (χ1v) is 7.57. The largest absolute Gasteiger partial charge is 0.490 e. The number of nitrogens with one attached hydrogen (secondary N) is 1. The highest BCUT2D eigenvalue weighted by atomic mass is 19.1. The van der Waals surface area contributed by atoms with E-state index in [4.69, 9.17) is 15.2 Å². The Morgan fingerprint density at radius 1 is 1.38 bits per heavy atom. The van der Waals surface area contributed by atoms with E-state index in [0.717, 1.165) is 44.7 Å². The highest BCUT2D eigenvalue weighted by Crippen LogP contribution is 2.33. The zero-order valence-electron chi connectivity index (χ0n) is 12.9. The number of nitrogen functional groups attached to an aromatic ring is 1. The molecule has 1 aromatic rings. The summed E-state index contributed by atoms with van der Waals surface area (Å²) in [6, 6.07) is 2.97. The van der Waals surface area contributed by atoms with Crippen LogP contribution in [0.4, 0.5) is 15.8 Å². The van der Waals surface area contributed by atoms with Crippen molar-refractivity contribution in [1.82, 2.24) is 0 Å². The van der Waals surface area contributed by atoms with Crippen LogP contribution >= 0.6 is 0 Å². The lowest BCUT2D eigenvalue weighted by Gasteiger charge is -2.34. The maximum atomic E-state index is 13.8. The standard InChI is InChI=1S/C16H25FN2O2/c1-3-6-21-15-10-14(13(18)9-12(15)17)19-11-16(2)4-7-20-8-5-16/h9-10,19H,3-8,11,18H2,1-2H3. The van der Waals surface area contributed by atoms with Crippen LogP contribution in [0.2, 0.25) is 0 Å². The van der Waals surface area contributed by atoms with Gasteiger partial charge in [0, 0.05) is 31.9 Å². The summed E-state index contributed by atoms with van der Waals surface area (Å²) in [4.78, 5) is 0. The van der Waals surface area contributed by atoms with Crippen LogP contribution in [0.1, 0.15) is 33.1 Å². The van der Waals surface area contributed by atoms with Crippen LogP contribution < -0.4 is 15.8 Å². The molecule has 3 N–H and O–H groups in total. The SMILES string of the molecule is CCCOc1cc(NCC2(C)CCOCC2)c(N)cc1F. The third kappa shape index (κ3) is 4.24. The second-order valence-corrected chi connectivity index (χ2v) is 5.99. The van der Waals surface area contributed by atoms with E-state index in [1.165, 1.54) is 6.07 Å². The number of anilines is 2. The molecule has 4 nitrogen and oxygen atoms in total. The second kappa shape index (κ2) is 6.98. The van der Waals surface area contributed by atoms with E-state index in [1.807, 2.05) is 6.92 Å². The van der Waals surface area contributed by atoms with Crippen LogP contribution in [0.25, 0.3) is 0 Å². The maximum absolute atomic E-state index is 13.8. The molecule has 0 atom stereocenters. The Hall–Kier alpha value is -1.49.